The molecule has 0 saturated heterocycles. The lowest BCUT2D eigenvalue weighted by atomic mass is 10.1. The van der Waals surface area contributed by atoms with Crippen molar-refractivity contribution in [3.8, 4) is 17.2 Å². The van der Waals surface area contributed by atoms with E-state index in [2.05, 4.69) is 4.98 Å². The Morgan fingerprint density at radius 1 is 1.03 bits per heavy atom. The van der Waals surface area contributed by atoms with Crippen LogP contribution in [0.1, 0.15) is 21.5 Å². The summed E-state index contributed by atoms with van der Waals surface area (Å²) < 4.78 is 17.3. The molecule has 0 spiro atoms. The topological polar surface area (TPSA) is 73.8 Å². The van der Waals surface area contributed by atoms with Gasteiger partial charge < -0.3 is 14.2 Å². The fourth-order valence-corrected chi connectivity index (χ4v) is 4.49. The molecule has 0 fully saturated rings. The number of pyridine rings is 1. The highest BCUT2D eigenvalue weighted by atomic mass is 32.1. The van der Waals surface area contributed by atoms with Crippen LogP contribution in [0.15, 0.2) is 54.9 Å². The molecule has 2 aromatic heterocycles. The highest BCUT2D eigenvalue weighted by Gasteiger charge is 2.25. The summed E-state index contributed by atoms with van der Waals surface area (Å²) in [5.74, 6) is 1.03. The van der Waals surface area contributed by atoms with Crippen LogP contribution in [0.25, 0.3) is 10.2 Å². The van der Waals surface area contributed by atoms with E-state index in [9.17, 15) is 4.79 Å². The van der Waals surface area contributed by atoms with Gasteiger partial charge in [0.2, 0.25) is 5.75 Å². The third-order valence-electron chi connectivity index (χ3n) is 5.06. The second kappa shape index (κ2) is 9.23. The summed E-state index contributed by atoms with van der Waals surface area (Å²) in [4.78, 5) is 24.4. The third-order valence-corrected chi connectivity index (χ3v) is 6.10. The van der Waals surface area contributed by atoms with E-state index in [1.54, 1.807) is 29.4 Å². The lowest BCUT2D eigenvalue weighted by Crippen LogP contribution is -2.30. The van der Waals surface area contributed by atoms with E-state index < -0.39 is 0 Å². The summed E-state index contributed by atoms with van der Waals surface area (Å²) in [7, 11) is 4.57. The first-order chi connectivity index (χ1) is 15.5. The number of anilines is 1. The number of hydrogen-bond acceptors (Lipinski definition) is 7. The number of aromatic nitrogens is 2. The van der Waals surface area contributed by atoms with Gasteiger partial charge in [-0.25, -0.2) is 4.98 Å². The molecule has 1 amide bonds. The van der Waals surface area contributed by atoms with Gasteiger partial charge >= 0.3 is 0 Å². The SMILES string of the molecule is COc1cc(C(=O)N(Cc2cccnc2)c2nc3c(C)cccc3s2)cc(OC)c1OC. The van der Waals surface area contributed by atoms with Gasteiger partial charge in [-0.05, 0) is 42.3 Å². The zero-order valence-corrected chi connectivity index (χ0v) is 19.1. The van der Waals surface area contributed by atoms with Gasteiger partial charge in [0.25, 0.3) is 5.91 Å². The number of rotatable bonds is 7. The van der Waals surface area contributed by atoms with Crippen LogP contribution in [-0.2, 0) is 6.54 Å². The molecule has 0 unspecified atom stereocenters. The quantitative estimate of drug-likeness (QED) is 0.401. The van der Waals surface area contributed by atoms with Gasteiger partial charge in [0.05, 0.1) is 38.1 Å². The van der Waals surface area contributed by atoms with E-state index in [0.717, 1.165) is 21.3 Å². The van der Waals surface area contributed by atoms with Crippen LogP contribution in [0.2, 0.25) is 0 Å². The molecule has 0 bridgehead atoms. The number of benzene rings is 2. The minimum atomic E-state index is -0.232. The number of nitrogens with zero attached hydrogens (tertiary/aromatic N) is 3. The van der Waals surface area contributed by atoms with Crippen molar-refractivity contribution in [2.45, 2.75) is 13.5 Å². The first kappa shape index (κ1) is 21.6. The average Bonchev–Trinajstić information content (AvgIpc) is 3.27. The zero-order chi connectivity index (χ0) is 22.7. The second-order valence-corrected chi connectivity index (χ2v) is 8.09. The molecule has 4 aromatic rings. The van der Waals surface area contributed by atoms with Gasteiger partial charge in [-0.15, -0.1) is 0 Å². The normalized spacial score (nSPS) is 10.8. The van der Waals surface area contributed by atoms with E-state index in [4.69, 9.17) is 19.2 Å². The van der Waals surface area contributed by atoms with Crippen molar-refractivity contribution in [1.82, 2.24) is 9.97 Å². The van der Waals surface area contributed by atoms with Gasteiger partial charge in [0, 0.05) is 18.0 Å². The molecule has 4 rings (SSSR count). The largest absolute Gasteiger partial charge is 0.493 e. The van der Waals surface area contributed by atoms with Gasteiger partial charge in [-0.2, -0.15) is 0 Å². The lowest BCUT2D eigenvalue weighted by Gasteiger charge is -2.21. The smallest absolute Gasteiger partial charge is 0.260 e. The molecular formula is C24H23N3O4S. The van der Waals surface area contributed by atoms with Crippen LogP contribution in [0.3, 0.4) is 0 Å². The zero-order valence-electron chi connectivity index (χ0n) is 18.3. The number of aryl methyl sites for hydroxylation is 1. The lowest BCUT2D eigenvalue weighted by molar-refractivity contribution is 0.0984. The summed E-state index contributed by atoms with van der Waals surface area (Å²) in [5, 5.41) is 0.608. The fraction of sp³-hybridized carbons (Fsp3) is 0.208. The molecule has 0 N–H and O–H groups in total. The van der Waals surface area contributed by atoms with Gasteiger partial charge in [-0.1, -0.05) is 29.5 Å². The van der Waals surface area contributed by atoms with Crippen LogP contribution in [0, 0.1) is 6.92 Å². The van der Waals surface area contributed by atoms with Crippen molar-refractivity contribution in [3.05, 3.63) is 71.5 Å². The Hall–Kier alpha value is -3.65. The molecule has 0 radical (unpaired) electrons. The number of ether oxygens (including phenoxy) is 3. The van der Waals surface area contributed by atoms with E-state index >= 15 is 0 Å². The second-order valence-electron chi connectivity index (χ2n) is 7.08. The molecule has 164 valence electrons. The standard InChI is InChI=1S/C24H23N3O4S/c1-15-7-5-9-20-21(15)26-24(32-20)27(14-16-8-6-10-25-13-16)23(28)17-11-18(29-2)22(31-4)19(12-17)30-3/h5-13H,14H2,1-4H3. The van der Waals surface area contributed by atoms with Crippen LogP contribution < -0.4 is 19.1 Å². The van der Waals surface area contributed by atoms with Crippen molar-refractivity contribution in [1.29, 1.82) is 0 Å². The summed E-state index contributed by atoms with van der Waals surface area (Å²) in [5.41, 5.74) is 3.25. The van der Waals surface area contributed by atoms with Crippen LogP contribution in [0.4, 0.5) is 5.13 Å². The molecular weight excluding hydrogens is 426 g/mol. The molecule has 2 aromatic carbocycles. The first-order valence-corrected chi connectivity index (χ1v) is 10.7. The molecule has 0 saturated carbocycles. The van der Waals surface area contributed by atoms with Gasteiger partial charge in [-0.3, -0.25) is 14.7 Å². The Bertz CT molecular complexity index is 1230. The number of carbonyl (C=O) groups excluding carboxylic acids is 1. The fourth-order valence-electron chi connectivity index (χ4n) is 3.45. The van der Waals surface area contributed by atoms with Crippen molar-refractivity contribution in [2.75, 3.05) is 26.2 Å². The predicted octanol–water partition coefficient (Wildman–Crippen LogP) is 4.87. The van der Waals surface area contributed by atoms with E-state index in [-0.39, 0.29) is 5.91 Å². The number of amides is 1. The average molecular weight is 450 g/mol. The number of hydrogen-bond donors (Lipinski definition) is 0. The number of fused-ring (bicyclic) bond motifs is 1. The Labute approximate surface area is 190 Å². The number of methoxy groups -OCH3 is 3. The van der Waals surface area contributed by atoms with Crippen molar-refractivity contribution in [3.63, 3.8) is 0 Å². The molecule has 0 aliphatic carbocycles. The van der Waals surface area contributed by atoms with E-state index in [1.165, 1.54) is 32.7 Å². The number of thiazole rings is 1. The molecule has 8 heteroatoms. The Morgan fingerprint density at radius 2 is 1.78 bits per heavy atom. The summed E-state index contributed by atoms with van der Waals surface area (Å²) in [6, 6.07) is 13.1. The maximum Gasteiger partial charge on any atom is 0.260 e. The molecule has 0 atom stereocenters. The molecule has 32 heavy (non-hydrogen) atoms. The molecule has 0 aliphatic rings. The van der Waals surface area contributed by atoms with Gasteiger partial charge in [0.15, 0.2) is 16.6 Å². The van der Waals surface area contributed by atoms with Crippen molar-refractivity contribution in [2.24, 2.45) is 0 Å². The molecule has 0 aliphatic heterocycles. The minimum absolute atomic E-state index is 0.232. The monoisotopic (exact) mass is 449 g/mol. The summed E-state index contributed by atoms with van der Waals surface area (Å²) >= 11 is 1.48. The summed E-state index contributed by atoms with van der Waals surface area (Å²) in [6.07, 6.45) is 3.45. The van der Waals surface area contributed by atoms with Crippen LogP contribution in [0.5, 0.6) is 17.2 Å². The Kier molecular flexibility index (Phi) is 6.23. The Balaban J connectivity index is 1.82. The van der Waals surface area contributed by atoms with Crippen molar-refractivity contribution >= 4 is 32.6 Å². The van der Waals surface area contributed by atoms with Gasteiger partial charge in [0.1, 0.15) is 0 Å². The molecule has 2 heterocycles. The molecule has 7 nitrogen and oxygen atoms in total. The van der Waals surface area contributed by atoms with E-state index in [0.29, 0.717) is 34.5 Å². The van der Waals surface area contributed by atoms with E-state index in [1.807, 2.05) is 37.3 Å². The third kappa shape index (κ3) is 4.09. The first-order valence-electron chi connectivity index (χ1n) is 9.92. The van der Waals surface area contributed by atoms with Crippen LogP contribution in [-0.4, -0.2) is 37.2 Å². The van der Waals surface area contributed by atoms with Crippen LogP contribution >= 0.6 is 11.3 Å². The maximum absolute atomic E-state index is 13.8. The number of para-hydroxylation sites is 1. The predicted molar refractivity (Wildman–Crippen MR) is 125 cm³/mol. The van der Waals surface area contributed by atoms with Crippen molar-refractivity contribution < 1.29 is 19.0 Å². The Morgan fingerprint density at radius 3 is 2.38 bits per heavy atom. The summed E-state index contributed by atoms with van der Waals surface area (Å²) in [6.45, 7) is 2.33. The maximum atomic E-state index is 13.8. The highest BCUT2D eigenvalue weighted by Crippen LogP contribution is 2.39. The minimum Gasteiger partial charge on any atom is -0.493 e. The number of carbonyl (C=O) groups is 1. The highest BCUT2D eigenvalue weighted by molar-refractivity contribution is 7.22.